The van der Waals surface area contributed by atoms with Crippen LogP contribution in [0, 0.1) is 13.8 Å². The van der Waals surface area contributed by atoms with Crippen LogP contribution in [0.5, 0.6) is 0 Å². The van der Waals surface area contributed by atoms with Crippen molar-refractivity contribution >= 4 is 11.7 Å². The molecule has 5 nitrogen and oxygen atoms in total. The molecule has 0 fully saturated rings. The Balaban J connectivity index is 2.03. The highest BCUT2D eigenvalue weighted by Crippen LogP contribution is 2.16. The van der Waals surface area contributed by atoms with Gasteiger partial charge in [-0.05, 0) is 38.5 Å². The van der Waals surface area contributed by atoms with Crippen molar-refractivity contribution in [3.8, 4) is 0 Å². The van der Waals surface area contributed by atoms with Crippen LogP contribution in [0.4, 0.5) is 5.69 Å². The number of ether oxygens (including phenoxy) is 1. The number of rotatable bonds is 6. The Morgan fingerprint density at radius 1 is 1.38 bits per heavy atom. The lowest BCUT2D eigenvalue weighted by Gasteiger charge is -2.08. The van der Waals surface area contributed by atoms with Gasteiger partial charge in [0.1, 0.15) is 5.76 Å². The minimum atomic E-state index is -0.294. The molecule has 5 heteroatoms. The summed E-state index contributed by atoms with van der Waals surface area (Å²) >= 11 is 0. The van der Waals surface area contributed by atoms with E-state index in [-0.39, 0.29) is 5.97 Å². The average Bonchev–Trinajstić information content (AvgIpc) is 2.82. The van der Waals surface area contributed by atoms with Crippen molar-refractivity contribution in [3.63, 3.8) is 0 Å². The number of aryl methyl sites for hydroxylation is 2. The first-order valence-electron chi connectivity index (χ1n) is 7.04. The number of esters is 1. The van der Waals surface area contributed by atoms with Crippen molar-refractivity contribution in [1.82, 2.24) is 5.16 Å². The molecule has 0 aliphatic heterocycles. The van der Waals surface area contributed by atoms with Crippen LogP contribution < -0.4 is 5.32 Å². The molecule has 1 aromatic heterocycles. The normalized spacial score (nSPS) is 10.4. The summed E-state index contributed by atoms with van der Waals surface area (Å²) in [6.45, 7) is 6.81. The Bertz CT molecular complexity index is 600. The molecule has 2 aromatic rings. The Morgan fingerprint density at radius 2 is 2.19 bits per heavy atom. The third-order valence-electron chi connectivity index (χ3n) is 3.19. The van der Waals surface area contributed by atoms with Crippen molar-refractivity contribution in [3.05, 3.63) is 46.8 Å². The highest BCUT2D eigenvalue weighted by molar-refractivity contribution is 5.90. The van der Waals surface area contributed by atoms with E-state index in [0.29, 0.717) is 18.7 Å². The molecule has 0 saturated carbocycles. The van der Waals surface area contributed by atoms with Gasteiger partial charge in [0.15, 0.2) is 0 Å². The molecule has 1 heterocycles. The fraction of sp³-hybridized carbons (Fsp3) is 0.375. The zero-order valence-corrected chi connectivity index (χ0v) is 12.6. The van der Waals surface area contributed by atoms with E-state index in [1.54, 1.807) is 12.1 Å². The highest BCUT2D eigenvalue weighted by Gasteiger charge is 2.10. The van der Waals surface area contributed by atoms with Gasteiger partial charge in [-0.3, -0.25) is 0 Å². The summed E-state index contributed by atoms with van der Waals surface area (Å²) in [6, 6.07) is 7.28. The van der Waals surface area contributed by atoms with Crippen LogP contribution in [-0.4, -0.2) is 17.7 Å². The van der Waals surface area contributed by atoms with Gasteiger partial charge < -0.3 is 14.6 Å². The second-order valence-corrected chi connectivity index (χ2v) is 4.87. The van der Waals surface area contributed by atoms with Crippen LogP contribution in [0.2, 0.25) is 0 Å². The lowest BCUT2D eigenvalue weighted by atomic mass is 10.1. The van der Waals surface area contributed by atoms with Crippen LogP contribution in [0.1, 0.15) is 40.7 Å². The van der Waals surface area contributed by atoms with E-state index in [4.69, 9.17) is 9.26 Å². The van der Waals surface area contributed by atoms with Gasteiger partial charge in [-0.2, -0.15) is 0 Å². The molecule has 112 valence electrons. The van der Waals surface area contributed by atoms with Gasteiger partial charge in [-0.15, -0.1) is 0 Å². The Kier molecular flexibility index (Phi) is 4.98. The molecule has 0 aliphatic rings. The number of carbonyl (C=O) groups is 1. The number of nitrogens with one attached hydrogen (secondary N) is 1. The number of hydrogen-bond acceptors (Lipinski definition) is 5. The quantitative estimate of drug-likeness (QED) is 0.824. The maximum absolute atomic E-state index is 11.8. The average molecular weight is 288 g/mol. The number of carbonyl (C=O) groups excluding carboxylic acids is 1. The summed E-state index contributed by atoms with van der Waals surface area (Å²) in [7, 11) is 0. The summed E-state index contributed by atoms with van der Waals surface area (Å²) in [4.78, 5) is 11.8. The number of benzene rings is 1. The molecule has 0 spiro atoms. The summed E-state index contributed by atoms with van der Waals surface area (Å²) < 4.78 is 10.3. The molecule has 2 rings (SSSR count). The molecule has 1 N–H and O–H groups in total. The van der Waals surface area contributed by atoms with Gasteiger partial charge in [0.25, 0.3) is 0 Å². The van der Waals surface area contributed by atoms with E-state index in [0.717, 1.165) is 29.1 Å². The van der Waals surface area contributed by atoms with E-state index >= 15 is 0 Å². The minimum Gasteiger partial charge on any atom is -0.462 e. The zero-order valence-electron chi connectivity index (χ0n) is 12.6. The van der Waals surface area contributed by atoms with Crippen LogP contribution in [0.3, 0.4) is 0 Å². The highest BCUT2D eigenvalue weighted by atomic mass is 16.5. The molecule has 0 atom stereocenters. The Morgan fingerprint density at radius 3 is 2.86 bits per heavy atom. The fourth-order valence-corrected chi connectivity index (χ4v) is 1.98. The monoisotopic (exact) mass is 288 g/mol. The number of nitrogens with zero attached hydrogens (tertiary/aromatic N) is 1. The third-order valence-corrected chi connectivity index (χ3v) is 3.19. The van der Waals surface area contributed by atoms with Gasteiger partial charge in [-0.1, -0.05) is 18.1 Å². The lowest BCUT2D eigenvalue weighted by Crippen LogP contribution is -2.07. The van der Waals surface area contributed by atoms with E-state index < -0.39 is 0 Å². The smallest absolute Gasteiger partial charge is 0.338 e. The topological polar surface area (TPSA) is 64.4 Å². The molecule has 0 unspecified atom stereocenters. The Hall–Kier alpha value is -2.30. The van der Waals surface area contributed by atoms with Crippen molar-refractivity contribution < 1.29 is 14.1 Å². The summed E-state index contributed by atoms with van der Waals surface area (Å²) in [5.74, 6) is 0.511. The molecule has 1 aromatic carbocycles. The van der Waals surface area contributed by atoms with Crippen LogP contribution in [0.15, 0.2) is 28.8 Å². The molecule has 0 bridgehead atoms. The summed E-state index contributed by atoms with van der Waals surface area (Å²) in [6.07, 6.45) is 0.815. The van der Waals surface area contributed by atoms with E-state index in [1.165, 1.54) is 0 Å². The van der Waals surface area contributed by atoms with Gasteiger partial charge in [0.2, 0.25) is 0 Å². The first-order chi connectivity index (χ1) is 10.1. The second-order valence-electron chi connectivity index (χ2n) is 4.87. The van der Waals surface area contributed by atoms with Gasteiger partial charge in [-0.25, -0.2) is 4.79 Å². The lowest BCUT2D eigenvalue weighted by molar-refractivity contribution is 0.0505. The van der Waals surface area contributed by atoms with Crippen LogP contribution in [-0.2, 0) is 11.3 Å². The second kappa shape index (κ2) is 6.92. The zero-order chi connectivity index (χ0) is 15.2. The summed E-state index contributed by atoms with van der Waals surface area (Å²) in [5, 5.41) is 7.19. The molecule has 0 saturated heterocycles. The first-order valence-corrected chi connectivity index (χ1v) is 7.04. The molecule has 0 aliphatic carbocycles. The third kappa shape index (κ3) is 3.84. The maximum atomic E-state index is 11.8. The first kappa shape index (κ1) is 15.1. The summed E-state index contributed by atoms with van der Waals surface area (Å²) in [5.41, 5.74) is 3.32. The molecular weight excluding hydrogens is 268 g/mol. The van der Waals surface area contributed by atoms with Crippen molar-refractivity contribution in [2.75, 3.05) is 11.9 Å². The maximum Gasteiger partial charge on any atom is 0.338 e. The largest absolute Gasteiger partial charge is 0.462 e. The fourth-order valence-electron chi connectivity index (χ4n) is 1.98. The molecular formula is C16H20N2O3. The van der Waals surface area contributed by atoms with Crippen LogP contribution in [0.25, 0.3) is 0 Å². The predicted octanol–water partition coefficient (Wildman–Crippen LogP) is 3.47. The molecule has 0 radical (unpaired) electrons. The SMILES string of the molecule is CCCOC(=O)c1cccc(NCc2c(C)noc2C)c1. The van der Waals surface area contributed by atoms with Gasteiger partial charge >= 0.3 is 5.97 Å². The van der Waals surface area contributed by atoms with E-state index in [1.807, 2.05) is 32.9 Å². The van der Waals surface area contributed by atoms with Crippen molar-refractivity contribution in [2.24, 2.45) is 0 Å². The number of anilines is 1. The van der Waals surface area contributed by atoms with Gasteiger partial charge in [0.05, 0.1) is 17.9 Å². The van der Waals surface area contributed by atoms with Gasteiger partial charge in [0, 0.05) is 17.8 Å². The van der Waals surface area contributed by atoms with Crippen molar-refractivity contribution in [1.29, 1.82) is 0 Å². The minimum absolute atomic E-state index is 0.294. The number of hydrogen-bond donors (Lipinski definition) is 1. The Labute approximate surface area is 124 Å². The van der Waals surface area contributed by atoms with E-state index in [2.05, 4.69) is 10.5 Å². The number of aromatic nitrogens is 1. The van der Waals surface area contributed by atoms with Crippen LogP contribution >= 0.6 is 0 Å². The predicted molar refractivity (Wildman–Crippen MR) is 80.3 cm³/mol. The van der Waals surface area contributed by atoms with E-state index in [9.17, 15) is 4.79 Å². The molecule has 0 amide bonds. The van der Waals surface area contributed by atoms with Crippen molar-refractivity contribution in [2.45, 2.75) is 33.7 Å². The standard InChI is InChI=1S/C16H20N2O3/c1-4-8-20-16(19)13-6-5-7-14(9-13)17-10-15-11(2)18-21-12(15)3/h5-7,9,17H,4,8,10H2,1-3H3. The molecule has 21 heavy (non-hydrogen) atoms.